The van der Waals surface area contributed by atoms with Crippen LogP contribution in [0.3, 0.4) is 0 Å². The lowest BCUT2D eigenvalue weighted by atomic mass is 10.0. The fraction of sp³-hybridized carbons (Fsp3) is 0.684. The van der Waals surface area contributed by atoms with Crippen molar-refractivity contribution in [1.29, 1.82) is 0 Å². The highest BCUT2D eigenvalue weighted by atomic mass is 28.2. The van der Waals surface area contributed by atoms with E-state index in [0.717, 1.165) is 31.4 Å². The van der Waals surface area contributed by atoms with E-state index in [1.54, 1.807) is 0 Å². The highest BCUT2D eigenvalue weighted by molar-refractivity contribution is 5.98. The van der Waals surface area contributed by atoms with E-state index in [1.807, 2.05) is 27.7 Å². The first-order valence-electron chi connectivity index (χ1n) is 9.23. The molecule has 0 atom stereocenters. The number of ether oxygens (including phenoxy) is 2. The van der Waals surface area contributed by atoms with Gasteiger partial charge in [-0.15, -0.1) is 0 Å². The van der Waals surface area contributed by atoms with Crippen LogP contribution in [-0.4, -0.2) is 28.7 Å². The molecule has 0 bridgehead atoms. The molecule has 0 aliphatic heterocycles. The zero-order valence-corrected chi connectivity index (χ0v) is 18.4. The third-order valence-corrected chi connectivity index (χ3v) is 4.53. The molecule has 3 nitrogen and oxygen atoms in total. The van der Waals surface area contributed by atoms with Crippen molar-refractivity contribution in [3.05, 3.63) is 35.1 Å². The van der Waals surface area contributed by atoms with Gasteiger partial charge in [-0.2, -0.15) is 0 Å². The van der Waals surface area contributed by atoms with E-state index < -0.39 is 23.4 Å². The van der Waals surface area contributed by atoms with E-state index in [-0.39, 0.29) is 24.2 Å². The molecule has 0 saturated heterocycles. The van der Waals surface area contributed by atoms with Gasteiger partial charge in [-0.25, -0.2) is 13.2 Å². The predicted molar refractivity (Wildman–Crippen MR) is 99.3 cm³/mol. The van der Waals surface area contributed by atoms with Gasteiger partial charge < -0.3 is 13.9 Å². The average Bonchev–Trinajstić information content (AvgIpc) is 2.51. The van der Waals surface area contributed by atoms with Crippen LogP contribution in [0, 0.1) is 17.5 Å². The van der Waals surface area contributed by atoms with Crippen LogP contribution in [-0.2, 0) is 20.3 Å². The molecular formula is C19H31F3O3Si. The number of hydrogen-bond acceptors (Lipinski definition) is 3. The molecule has 0 spiro atoms. The van der Waals surface area contributed by atoms with Crippen molar-refractivity contribution < 1.29 is 27.1 Å². The summed E-state index contributed by atoms with van der Waals surface area (Å²) in [5.74, 6) is -3.54. The Morgan fingerprint density at radius 1 is 0.885 bits per heavy atom. The van der Waals surface area contributed by atoms with E-state index >= 15 is 0 Å². The Morgan fingerprint density at radius 3 is 1.85 bits per heavy atom. The highest BCUT2D eigenvalue weighted by Crippen LogP contribution is 2.26. The van der Waals surface area contributed by atoms with Crippen molar-refractivity contribution in [2.24, 2.45) is 0 Å². The fourth-order valence-corrected chi connectivity index (χ4v) is 3.27. The summed E-state index contributed by atoms with van der Waals surface area (Å²) in [6, 6.07) is 1.45. The first-order valence-corrected chi connectivity index (χ1v) is 10.0. The van der Waals surface area contributed by atoms with Gasteiger partial charge in [-0.05, 0) is 47.0 Å². The lowest BCUT2D eigenvalue weighted by Gasteiger charge is -2.36. The first kappa shape index (κ1) is 23.1. The van der Waals surface area contributed by atoms with Crippen LogP contribution < -0.4 is 0 Å². The van der Waals surface area contributed by atoms with Gasteiger partial charge in [-0.1, -0.05) is 12.8 Å². The Labute approximate surface area is 157 Å². The number of rotatable bonds is 12. The predicted octanol–water partition coefficient (Wildman–Crippen LogP) is 4.40. The second kappa shape index (κ2) is 11.1. The zero-order chi connectivity index (χ0) is 19.7. The van der Waals surface area contributed by atoms with Crippen molar-refractivity contribution in [3.8, 4) is 0 Å². The molecule has 0 unspecified atom stereocenters. The lowest BCUT2D eigenvalue weighted by Crippen LogP contribution is -2.42. The van der Waals surface area contributed by atoms with Crippen LogP contribution >= 0.6 is 0 Å². The number of halogens is 3. The van der Waals surface area contributed by atoms with Crippen molar-refractivity contribution in [3.63, 3.8) is 0 Å². The summed E-state index contributed by atoms with van der Waals surface area (Å²) in [6.07, 6.45) is 3.92. The summed E-state index contributed by atoms with van der Waals surface area (Å²) in [4.78, 5) is 0. The maximum Gasteiger partial charge on any atom is 0.273 e. The molecule has 0 radical (unpaired) electrons. The van der Waals surface area contributed by atoms with Crippen LogP contribution in [0.5, 0.6) is 0 Å². The molecule has 1 aromatic rings. The van der Waals surface area contributed by atoms with Crippen LogP contribution in [0.2, 0.25) is 0 Å². The van der Waals surface area contributed by atoms with Crippen LogP contribution in [0.25, 0.3) is 0 Å². The van der Waals surface area contributed by atoms with Crippen LogP contribution in [0.1, 0.15) is 65.4 Å². The Bertz CT molecular complexity index is 520. The van der Waals surface area contributed by atoms with E-state index in [0.29, 0.717) is 23.3 Å². The van der Waals surface area contributed by atoms with E-state index in [9.17, 15) is 13.2 Å². The number of unbranched alkanes of at least 4 members (excludes halogenated alkanes) is 3. The molecule has 1 rings (SSSR count). The van der Waals surface area contributed by atoms with Gasteiger partial charge in [0.2, 0.25) is 0 Å². The van der Waals surface area contributed by atoms with Crippen LogP contribution in [0.15, 0.2) is 12.1 Å². The molecule has 0 saturated carbocycles. The van der Waals surface area contributed by atoms with Gasteiger partial charge in [-0.3, -0.25) is 0 Å². The molecule has 0 amide bonds. The van der Waals surface area contributed by atoms with Gasteiger partial charge in [0, 0.05) is 24.1 Å². The van der Waals surface area contributed by atoms with E-state index in [1.165, 1.54) is 0 Å². The maximum absolute atomic E-state index is 13.6. The molecule has 0 N–H and O–H groups in total. The standard InChI is InChI=1S/C19H31F3O3Si/c1-13(2)23-19(25-26,24-14(3)4)10-8-6-5-7-9-16-17(21)11-15(20)12-18(16)22/h11-14H,5-10H2,1-4,26H3. The Kier molecular flexibility index (Phi) is 9.85. The maximum atomic E-state index is 13.6. The van der Waals surface area contributed by atoms with Crippen molar-refractivity contribution in [2.45, 2.75) is 84.4 Å². The van der Waals surface area contributed by atoms with Gasteiger partial charge in [0.1, 0.15) is 17.5 Å². The summed E-state index contributed by atoms with van der Waals surface area (Å²) < 4.78 is 57.5. The molecular weight excluding hydrogens is 361 g/mol. The second-order valence-electron chi connectivity index (χ2n) is 6.98. The third kappa shape index (κ3) is 7.78. The molecule has 7 heteroatoms. The smallest absolute Gasteiger partial charge is 0.273 e. The summed E-state index contributed by atoms with van der Waals surface area (Å²) >= 11 is 0. The quantitative estimate of drug-likeness (QED) is 0.300. The van der Waals surface area contributed by atoms with Crippen molar-refractivity contribution in [2.75, 3.05) is 0 Å². The van der Waals surface area contributed by atoms with E-state index in [2.05, 4.69) is 0 Å². The third-order valence-electron chi connectivity index (χ3n) is 3.91. The summed E-state index contributed by atoms with van der Waals surface area (Å²) in [5.41, 5.74) is -0.0464. The zero-order valence-electron chi connectivity index (χ0n) is 16.4. The summed E-state index contributed by atoms with van der Waals surface area (Å²) in [5, 5.41) is 0. The Morgan fingerprint density at radius 2 is 1.38 bits per heavy atom. The minimum atomic E-state index is -1.01. The van der Waals surface area contributed by atoms with Crippen molar-refractivity contribution >= 4 is 10.5 Å². The molecule has 0 heterocycles. The number of hydrogen-bond donors (Lipinski definition) is 0. The molecule has 0 fully saturated rings. The summed E-state index contributed by atoms with van der Waals surface area (Å²) in [7, 11) is 0.493. The Hall–Kier alpha value is -0.893. The van der Waals surface area contributed by atoms with Gasteiger partial charge in [0.15, 0.2) is 10.5 Å². The first-order chi connectivity index (χ1) is 12.2. The van der Waals surface area contributed by atoms with Crippen LogP contribution in [0.4, 0.5) is 13.2 Å². The number of benzene rings is 1. The van der Waals surface area contributed by atoms with Gasteiger partial charge in [0.25, 0.3) is 5.97 Å². The van der Waals surface area contributed by atoms with Gasteiger partial charge >= 0.3 is 0 Å². The average molecular weight is 393 g/mol. The molecule has 0 aliphatic carbocycles. The molecule has 150 valence electrons. The normalized spacial score (nSPS) is 12.5. The highest BCUT2D eigenvalue weighted by Gasteiger charge is 2.33. The monoisotopic (exact) mass is 392 g/mol. The second-order valence-corrected chi connectivity index (χ2v) is 7.39. The van der Waals surface area contributed by atoms with E-state index in [4.69, 9.17) is 13.9 Å². The Balaban J connectivity index is 2.44. The van der Waals surface area contributed by atoms with Gasteiger partial charge in [0.05, 0.1) is 12.2 Å². The minimum Gasteiger partial charge on any atom is -0.380 e. The summed E-state index contributed by atoms with van der Waals surface area (Å²) in [6.45, 7) is 7.74. The minimum absolute atomic E-state index is 0.0212. The molecule has 1 aromatic carbocycles. The molecule has 26 heavy (non-hydrogen) atoms. The largest absolute Gasteiger partial charge is 0.380 e. The molecule has 0 aromatic heterocycles. The lowest BCUT2D eigenvalue weighted by molar-refractivity contribution is -0.369. The fourth-order valence-electron chi connectivity index (χ4n) is 2.87. The van der Waals surface area contributed by atoms with Crippen molar-refractivity contribution in [1.82, 2.24) is 0 Å². The SMILES string of the molecule is CC(C)OC(CCCCCCc1c(F)cc(F)cc1F)(O[SiH3])OC(C)C. The molecule has 0 aliphatic rings. The topological polar surface area (TPSA) is 27.7 Å².